The maximum absolute atomic E-state index is 6.23. The summed E-state index contributed by atoms with van der Waals surface area (Å²) in [5, 5.41) is 1.71. The quantitative estimate of drug-likeness (QED) is 0.521. The summed E-state index contributed by atoms with van der Waals surface area (Å²) in [6, 6.07) is 14.1. The molecule has 0 atom stereocenters. The highest BCUT2D eigenvalue weighted by atomic mass is 35.5. The third-order valence-electron chi connectivity index (χ3n) is 2.79. The minimum atomic E-state index is 0.584. The molecule has 94 valence electrons. The fourth-order valence-electron chi connectivity index (χ4n) is 1.83. The van der Waals surface area contributed by atoms with Crippen LogP contribution in [-0.2, 0) is 5.75 Å². The second kappa shape index (κ2) is 5.59. The number of rotatable bonds is 3. The lowest BCUT2D eigenvalue weighted by Crippen LogP contribution is -1.88. The van der Waals surface area contributed by atoms with E-state index in [0.717, 1.165) is 22.2 Å². The summed E-state index contributed by atoms with van der Waals surface area (Å²) >= 11 is 7.96. The van der Waals surface area contributed by atoms with Crippen LogP contribution >= 0.6 is 23.4 Å². The van der Waals surface area contributed by atoms with Gasteiger partial charge in [0.2, 0.25) is 0 Å². The van der Waals surface area contributed by atoms with Gasteiger partial charge in [-0.05, 0) is 24.3 Å². The minimum absolute atomic E-state index is 0.584. The maximum Gasteiger partial charge on any atom is 0.133 e. The van der Waals surface area contributed by atoms with E-state index in [1.165, 1.54) is 4.90 Å². The van der Waals surface area contributed by atoms with Crippen LogP contribution in [0.1, 0.15) is 5.56 Å². The lowest BCUT2D eigenvalue weighted by Gasteiger charge is -2.06. The Hall–Kier alpha value is -1.58. The smallest absolute Gasteiger partial charge is 0.133 e. The van der Waals surface area contributed by atoms with Crippen molar-refractivity contribution in [1.82, 2.24) is 9.97 Å². The van der Waals surface area contributed by atoms with E-state index in [9.17, 15) is 0 Å². The fraction of sp³-hybridized carbons (Fsp3) is 0.0667. The fourth-order valence-corrected chi connectivity index (χ4v) is 2.98. The van der Waals surface area contributed by atoms with Crippen molar-refractivity contribution >= 4 is 34.3 Å². The van der Waals surface area contributed by atoms with Gasteiger partial charge in [0, 0.05) is 34.0 Å². The van der Waals surface area contributed by atoms with E-state index in [4.69, 9.17) is 11.6 Å². The summed E-state index contributed by atoms with van der Waals surface area (Å²) in [4.78, 5) is 9.61. The van der Waals surface area contributed by atoms with E-state index < -0.39 is 0 Å². The molecule has 1 aromatic carbocycles. The summed E-state index contributed by atoms with van der Waals surface area (Å²) in [5.41, 5.74) is 1.99. The Morgan fingerprint density at radius 3 is 2.68 bits per heavy atom. The van der Waals surface area contributed by atoms with E-state index in [-0.39, 0.29) is 0 Å². The minimum Gasteiger partial charge on any atom is -0.265 e. The van der Waals surface area contributed by atoms with E-state index in [1.54, 1.807) is 24.2 Å². The molecule has 0 fully saturated rings. The summed E-state index contributed by atoms with van der Waals surface area (Å²) in [6.45, 7) is 0. The number of fused-ring (bicyclic) bond motifs is 1. The van der Waals surface area contributed by atoms with Crippen molar-refractivity contribution in [3.63, 3.8) is 0 Å². The molecular weight excluding hydrogens is 276 g/mol. The highest BCUT2D eigenvalue weighted by Crippen LogP contribution is 2.27. The van der Waals surface area contributed by atoms with Gasteiger partial charge in [0.05, 0.1) is 5.52 Å². The van der Waals surface area contributed by atoms with Crippen molar-refractivity contribution in [1.29, 1.82) is 0 Å². The Balaban J connectivity index is 1.86. The molecule has 0 aliphatic carbocycles. The molecule has 2 nitrogen and oxygen atoms in total. The van der Waals surface area contributed by atoms with Gasteiger partial charge in [-0.25, -0.2) is 4.98 Å². The number of hydrogen-bond acceptors (Lipinski definition) is 3. The van der Waals surface area contributed by atoms with Gasteiger partial charge in [0.1, 0.15) is 5.15 Å². The molecule has 0 radical (unpaired) electrons. The number of hydrogen-bond donors (Lipinski definition) is 0. The van der Waals surface area contributed by atoms with Crippen LogP contribution in [0.4, 0.5) is 0 Å². The van der Waals surface area contributed by atoms with Crippen molar-refractivity contribution in [2.24, 2.45) is 0 Å². The Kier molecular flexibility index (Phi) is 3.67. The zero-order chi connectivity index (χ0) is 13.1. The number of pyridine rings is 2. The first-order valence-corrected chi connectivity index (χ1v) is 7.26. The van der Waals surface area contributed by atoms with Gasteiger partial charge in [0.25, 0.3) is 0 Å². The number of para-hydroxylation sites is 1. The van der Waals surface area contributed by atoms with Gasteiger partial charge < -0.3 is 0 Å². The van der Waals surface area contributed by atoms with Crippen molar-refractivity contribution in [3.05, 3.63) is 65.6 Å². The molecule has 0 bridgehead atoms. The van der Waals surface area contributed by atoms with E-state index in [0.29, 0.717) is 5.15 Å². The van der Waals surface area contributed by atoms with Crippen molar-refractivity contribution in [2.75, 3.05) is 0 Å². The predicted molar refractivity (Wildman–Crippen MR) is 80.6 cm³/mol. The largest absolute Gasteiger partial charge is 0.265 e. The van der Waals surface area contributed by atoms with E-state index >= 15 is 0 Å². The lowest BCUT2D eigenvalue weighted by molar-refractivity contribution is 1.25. The SMILES string of the molecule is Clc1nc2ccccc2cc1CSc1ccncc1. The number of benzene rings is 1. The molecule has 2 aromatic heterocycles. The molecule has 3 rings (SSSR count). The topological polar surface area (TPSA) is 25.8 Å². The summed E-state index contributed by atoms with van der Waals surface area (Å²) in [7, 11) is 0. The van der Waals surface area contributed by atoms with Crippen molar-refractivity contribution < 1.29 is 0 Å². The second-order valence-electron chi connectivity index (χ2n) is 4.10. The molecule has 0 saturated heterocycles. The van der Waals surface area contributed by atoms with Crippen LogP contribution in [0, 0.1) is 0 Å². The van der Waals surface area contributed by atoms with Crippen LogP contribution in [0.3, 0.4) is 0 Å². The highest BCUT2D eigenvalue weighted by Gasteiger charge is 2.05. The van der Waals surface area contributed by atoms with Crippen molar-refractivity contribution in [2.45, 2.75) is 10.6 Å². The standard InChI is InChI=1S/C15H11ClN2S/c16-15-12(10-19-13-5-7-17-8-6-13)9-11-3-1-2-4-14(11)18-15/h1-9H,10H2. The van der Waals surface area contributed by atoms with E-state index in [1.807, 2.05) is 30.3 Å². The highest BCUT2D eigenvalue weighted by molar-refractivity contribution is 7.98. The molecule has 0 spiro atoms. The molecule has 19 heavy (non-hydrogen) atoms. The normalized spacial score (nSPS) is 10.8. The summed E-state index contributed by atoms with van der Waals surface area (Å²) in [6.07, 6.45) is 3.59. The summed E-state index contributed by atoms with van der Waals surface area (Å²) < 4.78 is 0. The van der Waals surface area contributed by atoms with Crippen LogP contribution in [0.2, 0.25) is 5.15 Å². The molecule has 0 unspecified atom stereocenters. The monoisotopic (exact) mass is 286 g/mol. The van der Waals surface area contributed by atoms with Gasteiger partial charge >= 0.3 is 0 Å². The van der Waals surface area contributed by atoms with Crippen LogP contribution in [-0.4, -0.2) is 9.97 Å². The molecule has 0 N–H and O–H groups in total. The molecule has 0 aliphatic rings. The number of nitrogens with zero attached hydrogens (tertiary/aromatic N) is 2. The third kappa shape index (κ3) is 2.88. The van der Waals surface area contributed by atoms with Gasteiger partial charge in [0.15, 0.2) is 0 Å². The average Bonchev–Trinajstić information content (AvgIpc) is 2.46. The predicted octanol–water partition coefficient (Wildman–Crippen LogP) is 4.58. The van der Waals surface area contributed by atoms with E-state index in [2.05, 4.69) is 22.1 Å². The number of halogens is 1. The first kappa shape index (κ1) is 12.5. The van der Waals surface area contributed by atoms with Crippen LogP contribution < -0.4 is 0 Å². The molecule has 3 aromatic rings. The zero-order valence-electron chi connectivity index (χ0n) is 10.1. The van der Waals surface area contributed by atoms with Crippen LogP contribution in [0.15, 0.2) is 59.8 Å². The first-order chi connectivity index (χ1) is 9.33. The Bertz CT molecular complexity index is 701. The number of aromatic nitrogens is 2. The Morgan fingerprint density at radius 2 is 1.84 bits per heavy atom. The summed E-state index contributed by atoms with van der Waals surface area (Å²) in [5.74, 6) is 0.806. The Morgan fingerprint density at radius 1 is 1.05 bits per heavy atom. The first-order valence-electron chi connectivity index (χ1n) is 5.90. The second-order valence-corrected chi connectivity index (χ2v) is 5.51. The molecule has 0 amide bonds. The average molecular weight is 287 g/mol. The van der Waals surface area contributed by atoms with Gasteiger partial charge in [-0.2, -0.15) is 0 Å². The molecule has 0 saturated carbocycles. The zero-order valence-corrected chi connectivity index (χ0v) is 11.7. The lowest BCUT2D eigenvalue weighted by atomic mass is 10.2. The van der Waals surface area contributed by atoms with Crippen LogP contribution in [0.5, 0.6) is 0 Å². The molecule has 4 heteroatoms. The molecular formula is C15H11ClN2S. The number of thioether (sulfide) groups is 1. The van der Waals surface area contributed by atoms with Crippen molar-refractivity contribution in [3.8, 4) is 0 Å². The molecule has 0 aliphatic heterocycles. The van der Waals surface area contributed by atoms with Crippen LogP contribution in [0.25, 0.3) is 10.9 Å². The third-order valence-corrected chi connectivity index (χ3v) is 4.18. The van der Waals surface area contributed by atoms with Gasteiger partial charge in [-0.3, -0.25) is 4.98 Å². The Labute approximate surface area is 120 Å². The van der Waals surface area contributed by atoms with Gasteiger partial charge in [-0.15, -0.1) is 11.8 Å². The molecule has 2 heterocycles. The maximum atomic E-state index is 6.23. The van der Waals surface area contributed by atoms with Gasteiger partial charge in [-0.1, -0.05) is 29.8 Å².